The van der Waals surface area contributed by atoms with Crippen LogP contribution in [0.15, 0.2) is 82.0 Å². The van der Waals surface area contributed by atoms with Gasteiger partial charge in [0.1, 0.15) is 0 Å². The molecule has 6 heteroatoms. The van der Waals surface area contributed by atoms with Crippen molar-refractivity contribution in [1.82, 2.24) is 0 Å². The maximum absolute atomic E-state index is 13.2. The minimum atomic E-state index is -0.289. The van der Waals surface area contributed by atoms with Gasteiger partial charge in [-0.1, -0.05) is 50.2 Å². The highest BCUT2D eigenvalue weighted by Crippen LogP contribution is 2.32. The van der Waals surface area contributed by atoms with E-state index in [9.17, 15) is 9.59 Å². The third-order valence-electron chi connectivity index (χ3n) is 4.75. The molecule has 2 heterocycles. The minimum absolute atomic E-state index is 0.289. The van der Waals surface area contributed by atoms with Crippen LogP contribution in [-0.2, 0) is 9.59 Å². The Hall–Kier alpha value is -3.54. The fraction of sp³-hybridized carbons (Fsp3) is 0.182. The first kappa shape index (κ1) is 17.9. The van der Waals surface area contributed by atoms with E-state index in [1.165, 1.54) is 10.0 Å². The molecular formula is C22H20N4O2. The standard InChI is InChI=1S/C22H20N4O2/c1-3-17-19(21(27)25(23-17)15-11-7-5-8-12-15)20-18(4-2)24-26(22(20)28)16-13-9-6-10-14-16/h5-14H,3-4H2,1-2H3/b20-19+. The Kier molecular flexibility index (Phi) is 4.61. The number of rotatable bonds is 4. The fourth-order valence-electron chi connectivity index (χ4n) is 3.38. The molecule has 2 aliphatic rings. The number of anilines is 2. The minimum Gasteiger partial charge on any atom is -0.267 e. The highest BCUT2D eigenvalue weighted by Gasteiger charge is 2.40. The average molecular weight is 372 g/mol. The highest BCUT2D eigenvalue weighted by atomic mass is 16.2. The van der Waals surface area contributed by atoms with E-state index in [-0.39, 0.29) is 11.8 Å². The van der Waals surface area contributed by atoms with Crippen molar-refractivity contribution in [1.29, 1.82) is 0 Å². The first-order valence-electron chi connectivity index (χ1n) is 9.34. The third kappa shape index (κ3) is 2.83. The summed E-state index contributed by atoms with van der Waals surface area (Å²) in [6, 6.07) is 18.5. The zero-order valence-corrected chi connectivity index (χ0v) is 15.8. The second kappa shape index (κ2) is 7.23. The Morgan fingerprint density at radius 1 is 0.643 bits per heavy atom. The lowest BCUT2D eigenvalue weighted by Crippen LogP contribution is -2.27. The molecule has 2 amide bonds. The summed E-state index contributed by atoms with van der Waals surface area (Å²) in [5.74, 6) is -0.579. The van der Waals surface area contributed by atoms with E-state index < -0.39 is 0 Å². The van der Waals surface area contributed by atoms with Gasteiger partial charge >= 0.3 is 0 Å². The van der Waals surface area contributed by atoms with Crippen molar-refractivity contribution in [2.45, 2.75) is 26.7 Å². The molecule has 0 bridgehead atoms. The predicted molar refractivity (Wildman–Crippen MR) is 110 cm³/mol. The van der Waals surface area contributed by atoms with Gasteiger partial charge in [0.15, 0.2) is 0 Å². The van der Waals surface area contributed by atoms with Crippen molar-refractivity contribution >= 4 is 34.6 Å². The van der Waals surface area contributed by atoms with Crippen LogP contribution in [0.1, 0.15) is 26.7 Å². The van der Waals surface area contributed by atoms with Crippen molar-refractivity contribution in [2.24, 2.45) is 10.2 Å². The van der Waals surface area contributed by atoms with Gasteiger partial charge in [0, 0.05) is 0 Å². The van der Waals surface area contributed by atoms with Crippen LogP contribution >= 0.6 is 0 Å². The number of benzene rings is 2. The molecule has 2 aliphatic heterocycles. The first-order chi connectivity index (χ1) is 13.7. The lowest BCUT2D eigenvalue weighted by molar-refractivity contribution is -0.116. The Morgan fingerprint density at radius 3 is 1.32 bits per heavy atom. The quantitative estimate of drug-likeness (QED) is 0.764. The molecule has 0 aromatic heterocycles. The fourth-order valence-corrected chi connectivity index (χ4v) is 3.38. The van der Waals surface area contributed by atoms with E-state index in [1.807, 2.05) is 74.5 Å². The maximum atomic E-state index is 13.2. The highest BCUT2D eigenvalue weighted by molar-refractivity contribution is 6.42. The molecule has 0 atom stereocenters. The van der Waals surface area contributed by atoms with Crippen molar-refractivity contribution in [3.8, 4) is 0 Å². The molecule has 0 unspecified atom stereocenters. The second-order valence-electron chi connectivity index (χ2n) is 6.46. The monoisotopic (exact) mass is 372 g/mol. The van der Waals surface area contributed by atoms with Gasteiger partial charge in [0.05, 0.1) is 33.9 Å². The number of amides is 2. The van der Waals surface area contributed by atoms with Crippen LogP contribution in [0.4, 0.5) is 11.4 Å². The van der Waals surface area contributed by atoms with Gasteiger partial charge in [-0.2, -0.15) is 20.2 Å². The molecule has 4 rings (SSSR count). The molecule has 0 radical (unpaired) electrons. The molecule has 0 aliphatic carbocycles. The van der Waals surface area contributed by atoms with Crippen molar-refractivity contribution in [2.75, 3.05) is 10.0 Å². The van der Waals surface area contributed by atoms with E-state index in [2.05, 4.69) is 10.2 Å². The number of carbonyl (C=O) groups is 2. The van der Waals surface area contributed by atoms with E-state index in [0.717, 1.165) is 0 Å². The van der Waals surface area contributed by atoms with Gasteiger partial charge < -0.3 is 0 Å². The number of para-hydroxylation sites is 2. The van der Waals surface area contributed by atoms with Gasteiger partial charge in [-0.25, -0.2) is 0 Å². The van der Waals surface area contributed by atoms with Gasteiger partial charge in [-0.3, -0.25) is 9.59 Å². The molecule has 140 valence electrons. The van der Waals surface area contributed by atoms with E-state index in [0.29, 0.717) is 46.8 Å². The second-order valence-corrected chi connectivity index (χ2v) is 6.46. The Labute approximate surface area is 163 Å². The smallest absolute Gasteiger partial charge is 0.267 e. The van der Waals surface area contributed by atoms with Crippen molar-refractivity contribution in [3.63, 3.8) is 0 Å². The number of nitrogens with zero attached hydrogens (tertiary/aromatic N) is 4. The first-order valence-corrected chi connectivity index (χ1v) is 9.34. The molecule has 2 aromatic carbocycles. The number of hydrogen-bond acceptors (Lipinski definition) is 4. The predicted octanol–water partition coefficient (Wildman–Crippen LogP) is 3.91. The van der Waals surface area contributed by atoms with Gasteiger partial charge in [-0.15, -0.1) is 0 Å². The van der Waals surface area contributed by atoms with Crippen LogP contribution in [0, 0.1) is 0 Å². The third-order valence-corrected chi connectivity index (χ3v) is 4.75. The van der Waals surface area contributed by atoms with Crippen LogP contribution in [-0.4, -0.2) is 23.2 Å². The van der Waals surface area contributed by atoms with Crippen LogP contribution in [0.25, 0.3) is 0 Å². The number of carbonyl (C=O) groups excluding carboxylic acids is 2. The molecule has 6 nitrogen and oxygen atoms in total. The summed E-state index contributed by atoms with van der Waals surface area (Å²) in [6.07, 6.45) is 1.09. The van der Waals surface area contributed by atoms with E-state index in [1.54, 1.807) is 0 Å². The van der Waals surface area contributed by atoms with Crippen LogP contribution in [0.3, 0.4) is 0 Å². The van der Waals surface area contributed by atoms with Crippen molar-refractivity contribution in [3.05, 3.63) is 71.8 Å². The van der Waals surface area contributed by atoms with Crippen LogP contribution in [0.5, 0.6) is 0 Å². The SMILES string of the molecule is CCC1=NN(c2ccccc2)C(=O)/C1=C1/C(=O)N(c2ccccc2)N=C1CC. The van der Waals surface area contributed by atoms with Gasteiger partial charge in [0.2, 0.25) is 0 Å². The van der Waals surface area contributed by atoms with E-state index >= 15 is 0 Å². The topological polar surface area (TPSA) is 65.3 Å². The molecule has 2 aromatic rings. The summed E-state index contributed by atoms with van der Waals surface area (Å²) in [6.45, 7) is 3.86. The largest absolute Gasteiger partial charge is 0.281 e. The molecule has 0 saturated heterocycles. The number of hydrogen-bond donors (Lipinski definition) is 0. The summed E-state index contributed by atoms with van der Waals surface area (Å²) < 4.78 is 0. The normalized spacial score (nSPS) is 19.4. The molecule has 28 heavy (non-hydrogen) atoms. The summed E-state index contributed by atoms with van der Waals surface area (Å²) in [5, 5.41) is 11.7. The van der Waals surface area contributed by atoms with Gasteiger partial charge in [0.25, 0.3) is 11.8 Å². The summed E-state index contributed by atoms with van der Waals surface area (Å²) >= 11 is 0. The molecule has 0 fully saturated rings. The zero-order chi connectivity index (χ0) is 19.7. The lowest BCUT2D eigenvalue weighted by atomic mass is 9.96. The van der Waals surface area contributed by atoms with Crippen LogP contribution in [0.2, 0.25) is 0 Å². The Bertz CT molecular complexity index is 940. The molecule has 0 N–H and O–H groups in total. The molecule has 0 spiro atoms. The zero-order valence-electron chi connectivity index (χ0n) is 15.8. The summed E-state index contributed by atoms with van der Waals surface area (Å²) in [7, 11) is 0. The van der Waals surface area contributed by atoms with Crippen molar-refractivity contribution < 1.29 is 9.59 Å². The summed E-state index contributed by atoms with van der Waals surface area (Å²) in [4.78, 5) is 26.5. The Morgan fingerprint density at radius 2 is 1.00 bits per heavy atom. The lowest BCUT2D eigenvalue weighted by Gasteiger charge is -2.13. The average Bonchev–Trinajstić information content (AvgIpc) is 3.25. The molecular weight excluding hydrogens is 352 g/mol. The number of hydrazone groups is 2. The van der Waals surface area contributed by atoms with E-state index in [4.69, 9.17) is 0 Å². The molecule has 0 saturated carbocycles. The maximum Gasteiger partial charge on any atom is 0.281 e. The van der Waals surface area contributed by atoms with Crippen LogP contribution < -0.4 is 10.0 Å². The Balaban J connectivity index is 1.81. The summed E-state index contributed by atoms with van der Waals surface area (Å²) in [5.41, 5.74) is 3.27. The van der Waals surface area contributed by atoms with Gasteiger partial charge in [-0.05, 0) is 37.1 Å².